The first-order valence-corrected chi connectivity index (χ1v) is 13.9. The Morgan fingerprint density at radius 3 is 2.54 bits per heavy atom. The third kappa shape index (κ3) is 4.83. The molecule has 3 aromatic rings. The Hall–Kier alpha value is -3.35. The van der Waals surface area contributed by atoms with Gasteiger partial charge in [-0.15, -0.1) is 0 Å². The predicted octanol–water partition coefficient (Wildman–Crippen LogP) is 3.29. The van der Waals surface area contributed by atoms with E-state index in [1.165, 1.54) is 22.9 Å². The van der Waals surface area contributed by atoms with Gasteiger partial charge in [-0.3, -0.25) is 4.79 Å². The maximum atomic E-state index is 13.3. The minimum atomic E-state index is -3.04. The van der Waals surface area contributed by atoms with Gasteiger partial charge >= 0.3 is 5.97 Å². The van der Waals surface area contributed by atoms with E-state index in [2.05, 4.69) is 15.4 Å². The summed E-state index contributed by atoms with van der Waals surface area (Å²) in [6.45, 7) is 4.34. The summed E-state index contributed by atoms with van der Waals surface area (Å²) in [4.78, 5) is 23.0. The van der Waals surface area contributed by atoms with Crippen molar-refractivity contribution in [1.29, 1.82) is 0 Å². The maximum Gasteiger partial charge on any atom is 0.309 e. The highest BCUT2D eigenvalue weighted by molar-refractivity contribution is 7.91. The molecule has 10 nitrogen and oxygen atoms in total. The SMILES string of the molecule is CC(C)(C(=O)O)C1CN(c2nc(NC3CCS(=O)(=O)CC3)nc3c2cnn3-c2cccc(C(F)F)c2)C1. The van der Waals surface area contributed by atoms with Gasteiger partial charge in [-0.05, 0) is 38.8 Å². The quantitative estimate of drug-likeness (QED) is 0.469. The fourth-order valence-electron chi connectivity index (χ4n) is 4.68. The fraction of sp³-hybridized carbons (Fsp3) is 0.500. The summed E-state index contributed by atoms with van der Waals surface area (Å²) in [5.74, 6) is 0.0371. The summed E-state index contributed by atoms with van der Waals surface area (Å²) in [7, 11) is -3.04. The molecule has 1 aromatic carbocycles. The van der Waals surface area contributed by atoms with Gasteiger partial charge in [0.05, 0.1) is 34.2 Å². The molecule has 2 fully saturated rings. The van der Waals surface area contributed by atoms with Gasteiger partial charge in [0.1, 0.15) is 15.7 Å². The minimum Gasteiger partial charge on any atom is -0.481 e. The topological polar surface area (TPSA) is 130 Å². The van der Waals surface area contributed by atoms with Crippen LogP contribution in [0.2, 0.25) is 0 Å². The van der Waals surface area contributed by atoms with Gasteiger partial charge < -0.3 is 15.3 Å². The molecule has 2 saturated heterocycles. The van der Waals surface area contributed by atoms with E-state index in [9.17, 15) is 27.1 Å². The van der Waals surface area contributed by atoms with Gasteiger partial charge in [0.15, 0.2) is 5.65 Å². The Bertz CT molecular complexity index is 1440. The van der Waals surface area contributed by atoms with Crippen LogP contribution in [0.5, 0.6) is 0 Å². The molecule has 0 spiro atoms. The van der Waals surface area contributed by atoms with E-state index in [4.69, 9.17) is 4.98 Å². The van der Waals surface area contributed by atoms with E-state index in [-0.39, 0.29) is 35.0 Å². The van der Waals surface area contributed by atoms with Gasteiger partial charge in [-0.2, -0.15) is 15.1 Å². The van der Waals surface area contributed by atoms with Crippen molar-refractivity contribution in [2.24, 2.45) is 11.3 Å². The lowest BCUT2D eigenvalue weighted by Crippen LogP contribution is -2.55. The van der Waals surface area contributed by atoms with Crippen LogP contribution in [0.4, 0.5) is 20.5 Å². The number of rotatable bonds is 7. The molecular formula is C24H28F2N6O4S. The molecule has 0 radical (unpaired) electrons. The van der Waals surface area contributed by atoms with Crippen molar-refractivity contribution >= 4 is 38.6 Å². The van der Waals surface area contributed by atoms with Crippen LogP contribution in [0, 0.1) is 11.3 Å². The smallest absolute Gasteiger partial charge is 0.309 e. The second-order valence-electron chi connectivity index (χ2n) is 10.3. The average Bonchev–Trinajstić information content (AvgIpc) is 3.23. The van der Waals surface area contributed by atoms with E-state index in [0.717, 1.165) is 0 Å². The van der Waals surface area contributed by atoms with Gasteiger partial charge in [-0.1, -0.05) is 12.1 Å². The molecular weight excluding hydrogens is 506 g/mol. The lowest BCUT2D eigenvalue weighted by atomic mass is 9.74. The van der Waals surface area contributed by atoms with Crippen LogP contribution < -0.4 is 10.2 Å². The van der Waals surface area contributed by atoms with Crippen molar-refractivity contribution in [3.63, 3.8) is 0 Å². The first kappa shape index (κ1) is 25.3. The van der Waals surface area contributed by atoms with Crippen LogP contribution in [0.3, 0.4) is 0 Å². The molecule has 0 unspecified atom stereocenters. The number of alkyl halides is 2. The molecule has 0 bridgehead atoms. The van der Waals surface area contributed by atoms with Gasteiger partial charge in [0, 0.05) is 30.6 Å². The first-order valence-electron chi connectivity index (χ1n) is 12.0. The normalized spacial score (nSPS) is 18.8. The minimum absolute atomic E-state index is 0.0796. The third-order valence-corrected chi connectivity index (χ3v) is 9.13. The third-order valence-electron chi connectivity index (χ3n) is 7.42. The number of carboxylic acids is 1. The Labute approximate surface area is 212 Å². The van der Waals surface area contributed by atoms with E-state index in [1.54, 1.807) is 26.1 Å². The van der Waals surface area contributed by atoms with Crippen molar-refractivity contribution in [2.45, 2.75) is 39.2 Å². The number of halogens is 2. The summed E-state index contributed by atoms with van der Waals surface area (Å²) in [6.07, 6.45) is -0.213. The summed E-state index contributed by atoms with van der Waals surface area (Å²) in [5, 5.41) is 17.9. The number of nitrogens with one attached hydrogen (secondary N) is 1. The number of aliphatic carboxylic acids is 1. The summed E-state index contributed by atoms with van der Waals surface area (Å²) in [6, 6.07) is 5.75. The van der Waals surface area contributed by atoms with Crippen LogP contribution in [0.1, 0.15) is 38.7 Å². The molecule has 2 N–H and O–H groups in total. The van der Waals surface area contributed by atoms with Crippen molar-refractivity contribution in [3.8, 4) is 5.69 Å². The van der Waals surface area contributed by atoms with Crippen molar-refractivity contribution in [2.75, 3.05) is 34.8 Å². The second-order valence-corrected chi connectivity index (χ2v) is 12.6. The van der Waals surface area contributed by atoms with E-state index in [1.807, 2.05) is 4.90 Å². The Kier molecular flexibility index (Phi) is 6.29. The lowest BCUT2D eigenvalue weighted by molar-refractivity contribution is -0.150. The zero-order chi connectivity index (χ0) is 26.5. The zero-order valence-corrected chi connectivity index (χ0v) is 21.3. The second kappa shape index (κ2) is 9.19. The van der Waals surface area contributed by atoms with E-state index in [0.29, 0.717) is 48.5 Å². The highest BCUT2D eigenvalue weighted by atomic mass is 32.2. The van der Waals surface area contributed by atoms with Gasteiger partial charge in [0.2, 0.25) is 5.95 Å². The van der Waals surface area contributed by atoms with Crippen LogP contribution >= 0.6 is 0 Å². The number of hydrogen-bond acceptors (Lipinski definition) is 8. The van der Waals surface area contributed by atoms with Crippen LogP contribution in [0.15, 0.2) is 30.5 Å². The molecule has 2 aromatic heterocycles. The number of carbonyl (C=O) groups is 1. The van der Waals surface area contributed by atoms with E-state index < -0.39 is 27.6 Å². The molecule has 37 heavy (non-hydrogen) atoms. The molecule has 0 atom stereocenters. The van der Waals surface area contributed by atoms with Crippen LogP contribution in [-0.2, 0) is 14.6 Å². The molecule has 0 saturated carbocycles. The number of sulfone groups is 1. The first-order chi connectivity index (χ1) is 17.4. The van der Waals surface area contributed by atoms with Crippen molar-refractivity contribution < 1.29 is 27.1 Å². The number of hydrogen-bond donors (Lipinski definition) is 2. The molecule has 4 heterocycles. The number of aromatic nitrogens is 4. The van der Waals surface area contributed by atoms with E-state index >= 15 is 0 Å². The summed E-state index contributed by atoms with van der Waals surface area (Å²) in [5.41, 5.74) is -0.223. The summed E-state index contributed by atoms with van der Waals surface area (Å²) >= 11 is 0. The largest absolute Gasteiger partial charge is 0.481 e. The monoisotopic (exact) mass is 534 g/mol. The van der Waals surface area contributed by atoms with Crippen molar-refractivity contribution in [3.05, 3.63) is 36.0 Å². The fourth-order valence-corrected chi connectivity index (χ4v) is 6.17. The molecule has 198 valence electrons. The molecule has 2 aliphatic heterocycles. The Morgan fingerprint density at radius 2 is 1.89 bits per heavy atom. The lowest BCUT2D eigenvalue weighted by Gasteiger charge is -2.46. The highest BCUT2D eigenvalue weighted by Crippen LogP contribution is 2.39. The molecule has 2 aliphatic rings. The Balaban J connectivity index is 1.52. The number of benzene rings is 1. The number of nitrogens with zero attached hydrogens (tertiary/aromatic N) is 5. The predicted molar refractivity (Wildman–Crippen MR) is 134 cm³/mol. The molecule has 5 rings (SSSR count). The standard InChI is InChI=1S/C24H28F2N6O4S/c1-24(2,22(33)34)15-12-31(13-15)20-18-11-27-32(17-5-3-4-14(10-17)19(25)26)21(18)30-23(29-20)28-16-6-8-37(35,36)9-7-16/h3-5,10-11,15-16,19H,6-9,12-13H2,1-2H3,(H,33,34)(H,28,29,30). The number of fused-ring (bicyclic) bond motifs is 1. The van der Waals surface area contributed by atoms with Crippen LogP contribution in [0.25, 0.3) is 16.7 Å². The van der Waals surface area contributed by atoms with Crippen molar-refractivity contribution in [1.82, 2.24) is 19.7 Å². The number of carboxylic acid groups (broad SMARTS) is 1. The van der Waals surface area contributed by atoms with Crippen LogP contribution in [-0.4, -0.2) is 69.9 Å². The number of anilines is 2. The maximum absolute atomic E-state index is 13.3. The zero-order valence-electron chi connectivity index (χ0n) is 20.4. The van der Waals surface area contributed by atoms with Gasteiger partial charge in [-0.25, -0.2) is 21.9 Å². The molecule has 13 heteroatoms. The molecule has 0 amide bonds. The average molecular weight is 535 g/mol. The Morgan fingerprint density at radius 1 is 1.19 bits per heavy atom. The summed E-state index contributed by atoms with van der Waals surface area (Å²) < 4.78 is 51.8. The molecule has 0 aliphatic carbocycles. The van der Waals surface area contributed by atoms with Gasteiger partial charge in [0.25, 0.3) is 6.43 Å². The highest BCUT2D eigenvalue weighted by Gasteiger charge is 2.45.